The number of fused-ring (bicyclic) bond motifs is 2. The van der Waals surface area contributed by atoms with Crippen LogP contribution in [-0.4, -0.2) is 33.0 Å². The van der Waals surface area contributed by atoms with Crippen molar-refractivity contribution in [3.63, 3.8) is 0 Å². The van der Waals surface area contributed by atoms with Crippen molar-refractivity contribution in [3.05, 3.63) is 72.6 Å². The van der Waals surface area contributed by atoms with Crippen molar-refractivity contribution in [1.29, 1.82) is 0 Å². The van der Waals surface area contributed by atoms with Crippen molar-refractivity contribution in [2.75, 3.05) is 0 Å². The van der Waals surface area contributed by atoms with Gasteiger partial charge in [0.05, 0.1) is 16.4 Å². The number of benzene rings is 2. The van der Waals surface area contributed by atoms with Gasteiger partial charge in [0.15, 0.2) is 5.65 Å². The smallest absolute Gasteiger partial charge is 0.179 e. The fourth-order valence-corrected chi connectivity index (χ4v) is 5.29. The van der Waals surface area contributed by atoms with Crippen LogP contribution < -0.4 is 5.32 Å². The lowest BCUT2D eigenvalue weighted by Crippen LogP contribution is -2.42. The Kier molecular flexibility index (Phi) is 4.59. The van der Waals surface area contributed by atoms with Gasteiger partial charge in [0.25, 0.3) is 0 Å². The lowest BCUT2D eigenvalue weighted by atomic mass is 9.96. The molecule has 5 nitrogen and oxygen atoms in total. The number of nitrogens with zero attached hydrogens (tertiary/aromatic N) is 5. The van der Waals surface area contributed by atoms with Crippen molar-refractivity contribution < 1.29 is 0 Å². The second-order valence-electron chi connectivity index (χ2n) is 8.71. The molecule has 0 saturated carbocycles. The van der Waals surface area contributed by atoms with Gasteiger partial charge in [-0.2, -0.15) is 0 Å². The van der Waals surface area contributed by atoms with Gasteiger partial charge in [-0.3, -0.25) is 9.97 Å². The van der Waals surface area contributed by atoms with Crippen LogP contribution in [0.1, 0.15) is 5.56 Å². The van der Waals surface area contributed by atoms with E-state index in [1.807, 2.05) is 42.5 Å². The number of para-hydroxylation sites is 2. The summed E-state index contributed by atoms with van der Waals surface area (Å²) in [7, 11) is -1.84. The van der Waals surface area contributed by atoms with Crippen molar-refractivity contribution in [1.82, 2.24) is 24.9 Å². The fourth-order valence-electron chi connectivity index (χ4n) is 3.95. The van der Waals surface area contributed by atoms with Crippen LogP contribution in [0.25, 0.3) is 44.7 Å². The van der Waals surface area contributed by atoms with Crippen LogP contribution in [-0.2, 0) is 0 Å². The molecule has 0 amide bonds. The predicted octanol–water partition coefficient (Wildman–Crippen LogP) is 5.16. The van der Waals surface area contributed by atoms with Gasteiger partial charge in [0.2, 0.25) is 0 Å². The molecular weight excluding hydrogens is 398 g/mol. The van der Waals surface area contributed by atoms with E-state index in [4.69, 9.17) is 15.0 Å². The first-order chi connectivity index (χ1) is 14.9. The Morgan fingerprint density at radius 3 is 2.03 bits per heavy atom. The zero-order valence-electron chi connectivity index (χ0n) is 18.1. The van der Waals surface area contributed by atoms with E-state index in [1.54, 1.807) is 12.4 Å². The molecule has 0 fully saturated rings. The highest BCUT2D eigenvalue weighted by atomic mass is 28.3. The van der Waals surface area contributed by atoms with Crippen LogP contribution in [0.2, 0.25) is 19.6 Å². The summed E-state index contributed by atoms with van der Waals surface area (Å²) in [5, 5.41) is 1.05. The number of pyridine rings is 1. The first-order valence-electron chi connectivity index (χ1n) is 10.4. The minimum absolute atomic E-state index is 0.631. The van der Waals surface area contributed by atoms with Gasteiger partial charge in [-0.15, -0.1) is 0 Å². The van der Waals surface area contributed by atoms with Gasteiger partial charge in [-0.05, 0) is 30.2 Å². The monoisotopic (exact) mass is 421 g/mol. The summed E-state index contributed by atoms with van der Waals surface area (Å²) in [6.07, 6.45) is 3.40. The zero-order chi connectivity index (χ0) is 21.6. The molecule has 0 aliphatic heterocycles. The summed E-state index contributed by atoms with van der Waals surface area (Å²) >= 11 is 0. The molecule has 0 aliphatic carbocycles. The highest BCUT2D eigenvalue weighted by Gasteiger charge is 2.28. The minimum atomic E-state index is -1.84. The van der Waals surface area contributed by atoms with Crippen molar-refractivity contribution in [2.45, 2.75) is 26.6 Å². The van der Waals surface area contributed by atoms with Crippen molar-refractivity contribution in [2.24, 2.45) is 0 Å². The quantitative estimate of drug-likeness (QED) is 0.377. The Morgan fingerprint density at radius 1 is 0.677 bits per heavy atom. The average molecular weight is 422 g/mol. The van der Waals surface area contributed by atoms with Crippen LogP contribution in [0.15, 0.2) is 67.0 Å². The van der Waals surface area contributed by atoms with Crippen LogP contribution in [0.3, 0.4) is 0 Å². The van der Waals surface area contributed by atoms with E-state index in [9.17, 15) is 0 Å². The molecule has 0 N–H and O–H groups in total. The zero-order valence-corrected chi connectivity index (χ0v) is 19.1. The van der Waals surface area contributed by atoms with Crippen molar-refractivity contribution in [3.8, 4) is 22.5 Å². The Balaban J connectivity index is 1.94. The molecule has 0 bridgehead atoms. The van der Waals surface area contributed by atoms with Crippen molar-refractivity contribution >= 4 is 35.6 Å². The van der Waals surface area contributed by atoms with E-state index < -0.39 is 8.07 Å². The molecule has 0 unspecified atom stereocenters. The molecule has 0 radical (unpaired) electrons. The molecule has 5 rings (SSSR count). The number of aryl methyl sites for hydroxylation is 1. The third-order valence-corrected chi connectivity index (χ3v) is 7.20. The highest BCUT2D eigenvalue weighted by Crippen LogP contribution is 2.35. The van der Waals surface area contributed by atoms with E-state index in [2.05, 4.69) is 48.7 Å². The summed E-state index contributed by atoms with van der Waals surface area (Å²) < 4.78 is 0. The van der Waals surface area contributed by atoms with Gasteiger partial charge in [-0.25, -0.2) is 15.0 Å². The maximum absolute atomic E-state index is 5.11. The molecule has 31 heavy (non-hydrogen) atoms. The van der Waals surface area contributed by atoms with Gasteiger partial charge >= 0.3 is 0 Å². The van der Waals surface area contributed by atoms with Gasteiger partial charge in [0.1, 0.15) is 25.0 Å². The third kappa shape index (κ3) is 3.39. The van der Waals surface area contributed by atoms with Gasteiger partial charge < -0.3 is 0 Å². The molecule has 5 aromatic rings. The van der Waals surface area contributed by atoms with E-state index >= 15 is 0 Å². The topological polar surface area (TPSA) is 64.5 Å². The number of hydrogen-bond acceptors (Lipinski definition) is 5. The first kappa shape index (κ1) is 19.5. The third-order valence-electron chi connectivity index (χ3n) is 5.43. The Labute approximate surface area is 182 Å². The molecular formula is C25H23N5Si. The van der Waals surface area contributed by atoms with E-state index in [0.717, 1.165) is 49.9 Å². The molecule has 0 spiro atoms. The number of aromatic nitrogens is 5. The highest BCUT2D eigenvalue weighted by molar-refractivity contribution is 6.89. The summed E-state index contributed by atoms with van der Waals surface area (Å²) in [4.78, 5) is 24.3. The number of rotatable bonds is 3. The fraction of sp³-hybridized carbons (Fsp3) is 0.160. The molecule has 6 heteroatoms. The molecule has 0 saturated heterocycles. The lowest BCUT2D eigenvalue weighted by Gasteiger charge is -2.22. The van der Waals surface area contributed by atoms with Gasteiger partial charge in [0, 0.05) is 18.0 Å². The minimum Gasteiger partial charge on any atom is -0.254 e. The Morgan fingerprint density at radius 2 is 1.32 bits per heavy atom. The van der Waals surface area contributed by atoms with Crippen LogP contribution >= 0.6 is 0 Å². The van der Waals surface area contributed by atoms with E-state index in [0.29, 0.717) is 5.65 Å². The second-order valence-corrected chi connectivity index (χ2v) is 13.7. The summed E-state index contributed by atoms with van der Waals surface area (Å²) in [6.45, 7) is 8.98. The summed E-state index contributed by atoms with van der Waals surface area (Å²) in [6, 6.07) is 18.4. The summed E-state index contributed by atoms with van der Waals surface area (Å²) in [5.41, 5.74) is 8.10. The normalized spacial score (nSPS) is 11.9. The van der Waals surface area contributed by atoms with Crippen LogP contribution in [0.5, 0.6) is 0 Å². The Hall–Kier alpha value is -3.51. The predicted molar refractivity (Wildman–Crippen MR) is 129 cm³/mol. The average Bonchev–Trinajstić information content (AvgIpc) is 2.78. The number of hydrogen-bond donors (Lipinski definition) is 0. The maximum atomic E-state index is 5.11. The molecule has 3 aromatic heterocycles. The van der Waals surface area contributed by atoms with Gasteiger partial charge in [-0.1, -0.05) is 62.1 Å². The largest absolute Gasteiger partial charge is 0.254 e. The molecule has 152 valence electrons. The first-order valence-corrected chi connectivity index (χ1v) is 13.9. The van der Waals surface area contributed by atoms with E-state index in [1.165, 1.54) is 0 Å². The maximum Gasteiger partial charge on any atom is 0.179 e. The Bertz CT molecular complexity index is 1430. The second kappa shape index (κ2) is 7.32. The summed E-state index contributed by atoms with van der Waals surface area (Å²) in [5.74, 6) is 0. The SMILES string of the molecule is Cc1c(-c2ccccc2)c(-c2nc3ccccc3nc2[Si](C)(C)C)nc2nccnc12. The van der Waals surface area contributed by atoms with Crippen LogP contribution in [0.4, 0.5) is 0 Å². The molecule has 0 aliphatic rings. The van der Waals surface area contributed by atoms with Crippen LogP contribution in [0, 0.1) is 6.92 Å². The molecule has 3 heterocycles. The molecule has 0 atom stereocenters. The standard InChI is InChI=1S/C25H23N5Si/c1-16-20(17-10-6-5-7-11-17)22(30-24-21(16)26-14-15-27-24)23-25(31(2,3)4)29-19-13-9-8-12-18(19)28-23/h5-15H,1-4H3. The van der Waals surface area contributed by atoms with E-state index in [-0.39, 0.29) is 0 Å². The molecule has 2 aromatic carbocycles. The lowest BCUT2D eigenvalue weighted by molar-refractivity contribution is 1.19.